The summed E-state index contributed by atoms with van der Waals surface area (Å²) in [6.45, 7) is 2.95. The van der Waals surface area contributed by atoms with Crippen LogP contribution in [0.3, 0.4) is 0 Å². The molecular formula is C13H17N3O2. The van der Waals surface area contributed by atoms with E-state index in [2.05, 4.69) is 9.88 Å². The van der Waals surface area contributed by atoms with Gasteiger partial charge in [-0.3, -0.25) is 0 Å². The highest BCUT2D eigenvalue weighted by molar-refractivity contribution is 5.74. The highest BCUT2D eigenvalue weighted by atomic mass is 16.5. The third-order valence-corrected chi connectivity index (χ3v) is 3.18. The van der Waals surface area contributed by atoms with Crippen molar-refractivity contribution in [2.75, 3.05) is 31.1 Å². The molecule has 18 heavy (non-hydrogen) atoms. The van der Waals surface area contributed by atoms with Crippen molar-refractivity contribution in [3.8, 4) is 0 Å². The third kappa shape index (κ3) is 2.19. The number of nitrogens with zero attached hydrogens (tertiary/aromatic N) is 2. The van der Waals surface area contributed by atoms with Crippen molar-refractivity contribution >= 4 is 17.1 Å². The zero-order chi connectivity index (χ0) is 12.4. The van der Waals surface area contributed by atoms with Gasteiger partial charge in [-0.25, -0.2) is 0 Å². The number of rotatable bonds is 3. The van der Waals surface area contributed by atoms with Gasteiger partial charge in [0.25, 0.3) is 6.01 Å². The first-order chi connectivity index (χ1) is 8.86. The normalized spacial score (nSPS) is 20.5. The molecule has 0 radical (unpaired) electrons. The fourth-order valence-corrected chi connectivity index (χ4v) is 2.25. The number of nitrogens with two attached hydrogens (primary N) is 1. The van der Waals surface area contributed by atoms with Crippen LogP contribution in [0.2, 0.25) is 0 Å². The summed E-state index contributed by atoms with van der Waals surface area (Å²) >= 11 is 0. The number of aromatic nitrogens is 1. The van der Waals surface area contributed by atoms with E-state index in [1.54, 1.807) is 0 Å². The van der Waals surface area contributed by atoms with E-state index in [1.165, 1.54) is 0 Å². The Morgan fingerprint density at radius 1 is 1.39 bits per heavy atom. The highest BCUT2D eigenvalue weighted by Crippen LogP contribution is 2.23. The second kappa shape index (κ2) is 4.96. The molecule has 1 fully saturated rings. The van der Waals surface area contributed by atoms with Gasteiger partial charge in [-0.15, -0.1) is 0 Å². The van der Waals surface area contributed by atoms with E-state index in [-0.39, 0.29) is 6.10 Å². The predicted octanol–water partition coefficient (Wildman–Crippen LogP) is 1.38. The number of oxazole rings is 1. The number of ether oxygens (including phenoxy) is 1. The minimum atomic E-state index is 0.179. The number of hydrogen-bond donors (Lipinski definition) is 1. The lowest BCUT2D eigenvalue weighted by Crippen LogP contribution is -2.43. The highest BCUT2D eigenvalue weighted by Gasteiger charge is 2.23. The molecule has 5 heteroatoms. The van der Waals surface area contributed by atoms with Crippen LogP contribution >= 0.6 is 0 Å². The van der Waals surface area contributed by atoms with E-state index in [4.69, 9.17) is 14.9 Å². The Balaban J connectivity index is 1.80. The lowest BCUT2D eigenvalue weighted by molar-refractivity contribution is 0.0353. The van der Waals surface area contributed by atoms with Gasteiger partial charge in [-0.2, -0.15) is 4.98 Å². The molecule has 1 atom stereocenters. The Morgan fingerprint density at radius 2 is 2.28 bits per heavy atom. The smallest absolute Gasteiger partial charge is 0.298 e. The lowest BCUT2D eigenvalue weighted by Gasteiger charge is -2.31. The van der Waals surface area contributed by atoms with Crippen molar-refractivity contribution in [3.05, 3.63) is 24.3 Å². The molecule has 5 nitrogen and oxygen atoms in total. The number of para-hydroxylation sites is 2. The first kappa shape index (κ1) is 11.5. The van der Waals surface area contributed by atoms with Gasteiger partial charge in [0.2, 0.25) is 0 Å². The van der Waals surface area contributed by atoms with E-state index in [0.29, 0.717) is 19.2 Å². The second-order valence-electron chi connectivity index (χ2n) is 4.48. The number of hydrogen-bond acceptors (Lipinski definition) is 5. The maximum absolute atomic E-state index is 5.76. The van der Waals surface area contributed by atoms with Crippen LogP contribution in [0.5, 0.6) is 0 Å². The molecule has 1 aromatic heterocycles. The average Bonchev–Trinajstić information content (AvgIpc) is 2.83. The Kier molecular flexibility index (Phi) is 3.17. The Hall–Kier alpha value is -1.59. The van der Waals surface area contributed by atoms with Gasteiger partial charge in [0, 0.05) is 13.1 Å². The van der Waals surface area contributed by atoms with E-state index < -0.39 is 0 Å². The van der Waals surface area contributed by atoms with Crippen LogP contribution in [0, 0.1) is 0 Å². The third-order valence-electron chi connectivity index (χ3n) is 3.18. The van der Waals surface area contributed by atoms with Crippen LogP contribution in [0.4, 0.5) is 6.01 Å². The van der Waals surface area contributed by atoms with Crippen molar-refractivity contribution in [2.24, 2.45) is 5.73 Å². The molecule has 2 N–H and O–H groups in total. The van der Waals surface area contributed by atoms with Crippen molar-refractivity contribution in [1.29, 1.82) is 0 Å². The molecular weight excluding hydrogens is 230 g/mol. The summed E-state index contributed by atoms with van der Waals surface area (Å²) in [6.07, 6.45) is 1.05. The molecule has 1 aromatic carbocycles. The average molecular weight is 247 g/mol. The number of benzene rings is 1. The number of morpholine rings is 1. The van der Waals surface area contributed by atoms with Crippen LogP contribution in [0.25, 0.3) is 11.1 Å². The fourth-order valence-electron chi connectivity index (χ4n) is 2.25. The summed E-state index contributed by atoms with van der Waals surface area (Å²) in [7, 11) is 0. The fraction of sp³-hybridized carbons (Fsp3) is 0.462. The molecule has 3 rings (SSSR count). The van der Waals surface area contributed by atoms with Crippen LogP contribution in [-0.2, 0) is 4.74 Å². The molecule has 1 saturated heterocycles. The molecule has 1 aliphatic rings. The molecule has 2 heterocycles. The Bertz CT molecular complexity index is 491. The molecule has 0 spiro atoms. The van der Waals surface area contributed by atoms with Gasteiger partial charge in [-0.1, -0.05) is 12.1 Å². The van der Waals surface area contributed by atoms with Gasteiger partial charge < -0.3 is 19.8 Å². The largest absolute Gasteiger partial charge is 0.423 e. The molecule has 0 saturated carbocycles. The summed E-state index contributed by atoms with van der Waals surface area (Å²) in [5.41, 5.74) is 7.29. The van der Waals surface area contributed by atoms with Crippen LogP contribution in [0.15, 0.2) is 28.7 Å². The zero-order valence-corrected chi connectivity index (χ0v) is 10.2. The zero-order valence-electron chi connectivity index (χ0n) is 10.2. The number of anilines is 1. The van der Waals surface area contributed by atoms with Crippen molar-refractivity contribution in [3.63, 3.8) is 0 Å². The summed E-state index contributed by atoms with van der Waals surface area (Å²) in [6, 6.07) is 8.49. The first-order valence-electron chi connectivity index (χ1n) is 6.29. The summed E-state index contributed by atoms with van der Waals surface area (Å²) in [5, 5.41) is 0. The topological polar surface area (TPSA) is 64.5 Å². The SMILES string of the molecule is NCC[C@H]1CN(c2nc3ccccc3o2)CCO1. The summed E-state index contributed by atoms with van der Waals surface area (Å²) in [4.78, 5) is 6.63. The Morgan fingerprint density at radius 3 is 3.11 bits per heavy atom. The Labute approximate surface area is 106 Å². The predicted molar refractivity (Wildman–Crippen MR) is 69.6 cm³/mol. The summed E-state index contributed by atoms with van der Waals surface area (Å²) in [5.74, 6) is 0. The van der Waals surface area contributed by atoms with Crippen molar-refractivity contribution in [1.82, 2.24) is 4.98 Å². The van der Waals surface area contributed by atoms with E-state index in [9.17, 15) is 0 Å². The molecule has 0 aliphatic carbocycles. The van der Waals surface area contributed by atoms with Gasteiger partial charge in [0.05, 0.1) is 12.7 Å². The molecule has 1 aliphatic heterocycles. The minimum Gasteiger partial charge on any atom is -0.423 e. The monoisotopic (exact) mass is 247 g/mol. The molecule has 0 bridgehead atoms. The molecule has 0 unspecified atom stereocenters. The van der Waals surface area contributed by atoms with E-state index in [0.717, 1.165) is 30.6 Å². The van der Waals surface area contributed by atoms with Crippen LogP contribution < -0.4 is 10.6 Å². The standard InChI is InChI=1S/C13H17N3O2/c14-6-5-10-9-16(7-8-17-10)13-15-11-3-1-2-4-12(11)18-13/h1-4,10H,5-9,14H2/t10-/m0/s1. The molecule has 2 aromatic rings. The van der Waals surface area contributed by atoms with E-state index in [1.807, 2.05) is 24.3 Å². The van der Waals surface area contributed by atoms with Crippen LogP contribution in [0.1, 0.15) is 6.42 Å². The van der Waals surface area contributed by atoms with Crippen molar-refractivity contribution < 1.29 is 9.15 Å². The van der Waals surface area contributed by atoms with Gasteiger partial charge >= 0.3 is 0 Å². The quantitative estimate of drug-likeness (QED) is 0.887. The first-order valence-corrected chi connectivity index (χ1v) is 6.29. The van der Waals surface area contributed by atoms with Crippen molar-refractivity contribution in [2.45, 2.75) is 12.5 Å². The van der Waals surface area contributed by atoms with E-state index >= 15 is 0 Å². The van der Waals surface area contributed by atoms with Gasteiger partial charge in [0.15, 0.2) is 5.58 Å². The molecule has 0 amide bonds. The maximum Gasteiger partial charge on any atom is 0.298 e. The maximum atomic E-state index is 5.76. The minimum absolute atomic E-state index is 0.179. The second-order valence-corrected chi connectivity index (χ2v) is 4.48. The number of fused-ring (bicyclic) bond motifs is 1. The van der Waals surface area contributed by atoms with Gasteiger partial charge in [-0.05, 0) is 25.1 Å². The summed E-state index contributed by atoms with van der Waals surface area (Å²) < 4.78 is 11.4. The van der Waals surface area contributed by atoms with Crippen LogP contribution in [-0.4, -0.2) is 37.3 Å². The lowest BCUT2D eigenvalue weighted by atomic mass is 10.2. The van der Waals surface area contributed by atoms with Gasteiger partial charge in [0.1, 0.15) is 5.52 Å². The molecule has 96 valence electrons.